The van der Waals surface area contributed by atoms with Crippen LogP contribution < -0.4 is 10.6 Å². The number of pyridine rings is 2. The van der Waals surface area contributed by atoms with E-state index in [0.717, 1.165) is 22.3 Å². The molecule has 0 aliphatic rings. The maximum atomic E-state index is 12.9. The van der Waals surface area contributed by atoms with Crippen molar-refractivity contribution in [2.75, 3.05) is 10.6 Å². The van der Waals surface area contributed by atoms with E-state index < -0.39 is 0 Å². The minimum absolute atomic E-state index is 0.0672. The molecule has 0 aliphatic heterocycles. The number of nitrogens with one attached hydrogen (secondary N) is 2. The van der Waals surface area contributed by atoms with Crippen LogP contribution in [0.3, 0.4) is 0 Å². The number of fused-ring (bicyclic) bond motifs is 1. The summed E-state index contributed by atoms with van der Waals surface area (Å²) in [5.41, 5.74) is 4.20. The van der Waals surface area contributed by atoms with E-state index in [2.05, 4.69) is 41.4 Å². The lowest BCUT2D eigenvalue weighted by Crippen LogP contribution is -2.15. The number of carbonyl (C=O) groups is 1. The molecule has 0 saturated carbocycles. The van der Waals surface area contributed by atoms with Crippen molar-refractivity contribution >= 4 is 34.0 Å². The zero-order valence-electron chi connectivity index (χ0n) is 17.3. The van der Waals surface area contributed by atoms with E-state index >= 15 is 0 Å². The number of hydrogen-bond donors (Lipinski definition) is 2. The van der Waals surface area contributed by atoms with Gasteiger partial charge in [-0.05, 0) is 53.4 Å². The van der Waals surface area contributed by atoms with Gasteiger partial charge in [0.25, 0.3) is 5.91 Å². The van der Waals surface area contributed by atoms with Crippen molar-refractivity contribution in [3.8, 4) is 0 Å². The average molecular weight is 396 g/mol. The second kappa shape index (κ2) is 7.95. The zero-order valence-corrected chi connectivity index (χ0v) is 17.3. The highest BCUT2D eigenvalue weighted by Crippen LogP contribution is 2.25. The molecule has 2 heterocycles. The predicted octanol–water partition coefficient (Wildman–Crippen LogP) is 5.92. The van der Waals surface area contributed by atoms with Crippen LogP contribution in [0.5, 0.6) is 0 Å². The van der Waals surface area contributed by atoms with Crippen LogP contribution in [0.1, 0.15) is 36.7 Å². The monoisotopic (exact) mass is 396 g/mol. The third kappa shape index (κ3) is 4.30. The topological polar surface area (TPSA) is 66.9 Å². The maximum Gasteiger partial charge on any atom is 0.259 e. The van der Waals surface area contributed by atoms with Gasteiger partial charge in [-0.25, -0.2) is 4.98 Å². The Hall–Kier alpha value is -3.73. The molecule has 30 heavy (non-hydrogen) atoms. The summed E-state index contributed by atoms with van der Waals surface area (Å²) in [6.07, 6.45) is 3.42. The molecule has 5 nitrogen and oxygen atoms in total. The molecule has 1 amide bonds. The summed E-state index contributed by atoms with van der Waals surface area (Å²) in [4.78, 5) is 21.7. The Balaban J connectivity index is 1.55. The summed E-state index contributed by atoms with van der Waals surface area (Å²) in [5.74, 6) is 0.282. The molecular weight excluding hydrogens is 372 g/mol. The number of nitrogens with zero attached hydrogens (tertiary/aromatic N) is 2. The molecule has 0 aliphatic carbocycles. The molecule has 0 unspecified atom stereocenters. The Morgan fingerprint density at radius 1 is 0.833 bits per heavy atom. The SMILES string of the molecule is CC(C)(C)c1ccc(NC(=O)c2cccnc2Nc2ccc3cccnc3c2)cc1. The number of benzene rings is 2. The summed E-state index contributed by atoms with van der Waals surface area (Å²) < 4.78 is 0. The Morgan fingerprint density at radius 2 is 1.53 bits per heavy atom. The number of carbonyl (C=O) groups excluding carboxylic acids is 1. The summed E-state index contributed by atoms with van der Waals surface area (Å²) in [6.45, 7) is 6.49. The van der Waals surface area contributed by atoms with Gasteiger partial charge < -0.3 is 10.6 Å². The van der Waals surface area contributed by atoms with Crippen molar-refractivity contribution < 1.29 is 4.79 Å². The summed E-state index contributed by atoms with van der Waals surface area (Å²) in [5, 5.41) is 7.27. The lowest BCUT2D eigenvalue weighted by atomic mass is 9.87. The molecule has 150 valence electrons. The number of hydrogen-bond acceptors (Lipinski definition) is 4. The van der Waals surface area contributed by atoms with E-state index in [1.165, 1.54) is 5.56 Å². The van der Waals surface area contributed by atoms with E-state index in [0.29, 0.717) is 11.4 Å². The third-order valence-corrected chi connectivity index (χ3v) is 4.93. The van der Waals surface area contributed by atoms with E-state index in [9.17, 15) is 4.79 Å². The first kappa shape index (κ1) is 19.6. The Kier molecular flexibility index (Phi) is 5.19. The van der Waals surface area contributed by atoms with Gasteiger partial charge in [0.15, 0.2) is 0 Å². The molecule has 4 aromatic rings. The fourth-order valence-electron chi connectivity index (χ4n) is 3.22. The maximum absolute atomic E-state index is 12.9. The van der Waals surface area contributed by atoms with E-state index in [-0.39, 0.29) is 11.3 Å². The minimum Gasteiger partial charge on any atom is -0.340 e. The summed E-state index contributed by atoms with van der Waals surface area (Å²) in [6, 6.07) is 21.3. The number of anilines is 3. The van der Waals surface area contributed by atoms with Crippen LogP contribution in [0, 0.1) is 0 Å². The molecule has 2 aromatic heterocycles. The van der Waals surface area contributed by atoms with Crippen molar-refractivity contribution in [1.29, 1.82) is 0 Å². The summed E-state index contributed by atoms with van der Waals surface area (Å²) in [7, 11) is 0. The van der Waals surface area contributed by atoms with Gasteiger partial charge in [0.2, 0.25) is 0 Å². The molecule has 0 bridgehead atoms. The molecule has 0 fully saturated rings. The standard InChI is InChI=1S/C25H24N4O/c1-25(2,3)18-9-12-19(13-10-18)29-24(30)21-7-5-15-27-23(21)28-20-11-8-17-6-4-14-26-22(17)16-20/h4-16H,1-3H3,(H,27,28)(H,29,30). The van der Waals surface area contributed by atoms with Gasteiger partial charge in [-0.1, -0.05) is 45.0 Å². The first-order valence-corrected chi connectivity index (χ1v) is 9.89. The lowest BCUT2D eigenvalue weighted by molar-refractivity contribution is 0.102. The van der Waals surface area contributed by atoms with Crippen LogP contribution in [0.2, 0.25) is 0 Å². The zero-order chi connectivity index (χ0) is 21.1. The van der Waals surface area contributed by atoms with Crippen molar-refractivity contribution in [2.45, 2.75) is 26.2 Å². The number of rotatable bonds is 4. The minimum atomic E-state index is -0.215. The van der Waals surface area contributed by atoms with Crippen LogP contribution in [0.4, 0.5) is 17.2 Å². The van der Waals surface area contributed by atoms with Gasteiger partial charge in [0.1, 0.15) is 5.82 Å². The normalized spacial score (nSPS) is 11.3. The van der Waals surface area contributed by atoms with Gasteiger partial charge >= 0.3 is 0 Å². The van der Waals surface area contributed by atoms with Gasteiger partial charge in [-0.15, -0.1) is 0 Å². The van der Waals surface area contributed by atoms with Crippen LogP contribution in [-0.4, -0.2) is 15.9 Å². The highest BCUT2D eigenvalue weighted by atomic mass is 16.1. The molecule has 0 atom stereocenters. The number of amides is 1. The molecule has 0 saturated heterocycles. The predicted molar refractivity (Wildman–Crippen MR) is 122 cm³/mol. The van der Waals surface area contributed by atoms with E-state index in [1.807, 2.05) is 54.6 Å². The molecule has 2 aromatic carbocycles. The second-order valence-electron chi connectivity index (χ2n) is 8.22. The molecule has 0 radical (unpaired) electrons. The van der Waals surface area contributed by atoms with Crippen molar-refractivity contribution in [2.24, 2.45) is 0 Å². The Morgan fingerprint density at radius 3 is 2.30 bits per heavy atom. The fraction of sp³-hybridized carbons (Fsp3) is 0.160. The smallest absolute Gasteiger partial charge is 0.259 e. The first-order chi connectivity index (χ1) is 14.4. The molecular formula is C25H24N4O. The van der Waals surface area contributed by atoms with Gasteiger partial charge in [0, 0.05) is 29.2 Å². The van der Waals surface area contributed by atoms with Crippen LogP contribution in [0.25, 0.3) is 10.9 Å². The fourth-order valence-corrected chi connectivity index (χ4v) is 3.22. The third-order valence-electron chi connectivity index (χ3n) is 4.93. The lowest BCUT2D eigenvalue weighted by Gasteiger charge is -2.19. The first-order valence-electron chi connectivity index (χ1n) is 9.89. The quantitative estimate of drug-likeness (QED) is 0.449. The van der Waals surface area contributed by atoms with E-state index in [1.54, 1.807) is 24.5 Å². The highest BCUT2D eigenvalue weighted by Gasteiger charge is 2.15. The van der Waals surface area contributed by atoms with Crippen molar-refractivity contribution in [3.63, 3.8) is 0 Å². The van der Waals surface area contributed by atoms with Gasteiger partial charge in [0.05, 0.1) is 11.1 Å². The molecule has 2 N–H and O–H groups in total. The molecule has 5 heteroatoms. The van der Waals surface area contributed by atoms with Crippen LogP contribution in [-0.2, 0) is 5.41 Å². The van der Waals surface area contributed by atoms with E-state index in [4.69, 9.17) is 0 Å². The Labute approximate surface area is 176 Å². The van der Waals surface area contributed by atoms with Gasteiger partial charge in [-0.3, -0.25) is 9.78 Å². The van der Waals surface area contributed by atoms with Crippen molar-refractivity contribution in [3.05, 3.63) is 90.3 Å². The average Bonchev–Trinajstić information content (AvgIpc) is 2.74. The Bertz CT molecular complexity index is 1190. The van der Waals surface area contributed by atoms with Crippen LogP contribution in [0.15, 0.2) is 79.1 Å². The second-order valence-corrected chi connectivity index (χ2v) is 8.22. The highest BCUT2D eigenvalue weighted by molar-refractivity contribution is 6.07. The molecule has 4 rings (SSSR count). The molecule has 0 spiro atoms. The number of aromatic nitrogens is 2. The van der Waals surface area contributed by atoms with Gasteiger partial charge in [-0.2, -0.15) is 0 Å². The van der Waals surface area contributed by atoms with Crippen LogP contribution >= 0.6 is 0 Å². The van der Waals surface area contributed by atoms with Crippen molar-refractivity contribution in [1.82, 2.24) is 9.97 Å². The largest absolute Gasteiger partial charge is 0.340 e. The summed E-state index contributed by atoms with van der Waals surface area (Å²) >= 11 is 0.